The van der Waals surface area contributed by atoms with Crippen LogP contribution in [0.5, 0.6) is 11.5 Å². The van der Waals surface area contributed by atoms with Gasteiger partial charge in [-0.25, -0.2) is 4.79 Å². The Morgan fingerprint density at radius 2 is 1.30 bits per heavy atom. The summed E-state index contributed by atoms with van der Waals surface area (Å²) in [6.07, 6.45) is -1.69. The normalized spacial score (nSPS) is 21.4. The van der Waals surface area contributed by atoms with Gasteiger partial charge in [-0.15, -0.1) is 0 Å². The summed E-state index contributed by atoms with van der Waals surface area (Å²) in [5, 5.41) is 0. The number of hydrogen-bond acceptors (Lipinski definition) is 7. The van der Waals surface area contributed by atoms with Crippen molar-refractivity contribution >= 4 is 5.97 Å². The van der Waals surface area contributed by atoms with Gasteiger partial charge in [-0.3, -0.25) is 0 Å². The van der Waals surface area contributed by atoms with Crippen LogP contribution in [0.3, 0.4) is 0 Å². The zero-order valence-corrected chi connectivity index (χ0v) is 25.5. The first-order valence-electron chi connectivity index (χ1n) is 15.0. The van der Waals surface area contributed by atoms with Crippen LogP contribution < -0.4 is 9.47 Å². The molecule has 4 aromatic carbocycles. The van der Waals surface area contributed by atoms with E-state index in [0.29, 0.717) is 43.5 Å². The molecule has 5 atom stereocenters. The first-order valence-corrected chi connectivity index (χ1v) is 15.0. The van der Waals surface area contributed by atoms with Gasteiger partial charge in [0.1, 0.15) is 12.7 Å². The van der Waals surface area contributed by atoms with Crippen molar-refractivity contribution in [3.8, 4) is 11.5 Å². The van der Waals surface area contributed by atoms with Gasteiger partial charge in [-0.1, -0.05) is 105 Å². The molecule has 0 spiro atoms. The molecular formula is C37H40O7. The quantitative estimate of drug-likeness (QED) is 0.151. The monoisotopic (exact) mass is 596 g/mol. The summed E-state index contributed by atoms with van der Waals surface area (Å²) in [5.74, 6) is 0.554. The zero-order valence-electron chi connectivity index (χ0n) is 25.5. The van der Waals surface area contributed by atoms with Gasteiger partial charge >= 0.3 is 5.97 Å². The highest BCUT2D eigenvalue weighted by Crippen LogP contribution is 2.35. The SMILES string of the molecule is COc1cc(C(=O)OC2OC(COCc3ccccc3)C(C)C(C)C2OCc2ccccc2)ccc1OCc1ccccc1. The molecule has 5 unspecified atom stereocenters. The number of hydrogen-bond donors (Lipinski definition) is 0. The van der Waals surface area contributed by atoms with Gasteiger partial charge in [0.2, 0.25) is 6.29 Å². The van der Waals surface area contributed by atoms with Crippen molar-refractivity contribution in [3.63, 3.8) is 0 Å². The Kier molecular flexibility index (Phi) is 11.0. The molecule has 230 valence electrons. The smallest absolute Gasteiger partial charge is 0.340 e. The Labute approximate surface area is 259 Å². The molecule has 0 amide bonds. The maximum absolute atomic E-state index is 13.5. The van der Waals surface area contributed by atoms with Crippen molar-refractivity contribution in [1.29, 1.82) is 0 Å². The van der Waals surface area contributed by atoms with E-state index in [0.717, 1.165) is 16.7 Å². The van der Waals surface area contributed by atoms with E-state index in [1.165, 1.54) is 0 Å². The van der Waals surface area contributed by atoms with Crippen LogP contribution in [0.2, 0.25) is 0 Å². The summed E-state index contributed by atoms with van der Waals surface area (Å²) in [5.41, 5.74) is 3.46. The highest BCUT2D eigenvalue weighted by molar-refractivity contribution is 5.90. The van der Waals surface area contributed by atoms with Gasteiger partial charge in [0.25, 0.3) is 0 Å². The van der Waals surface area contributed by atoms with Crippen LogP contribution in [0.1, 0.15) is 40.9 Å². The molecule has 0 radical (unpaired) electrons. The van der Waals surface area contributed by atoms with Crippen LogP contribution in [-0.2, 0) is 38.8 Å². The standard InChI is InChI=1S/C37H40O7/c1-26-27(2)35(42-24-30-17-11-6-12-18-30)37(43-34(26)25-40-22-28-13-7-4-8-14-28)44-36(38)31-19-20-32(33(21-31)39-3)41-23-29-15-9-5-10-16-29/h4-21,26-27,34-35,37H,22-25H2,1-3H3. The summed E-state index contributed by atoms with van der Waals surface area (Å²) >= 11 is 0. The van der Waals surface area contributed by atoms with E-state index in [4.69, 9.17) is 28.4 Å². The second-order valence-electron chi connectivity index (χ2n) is 11.1. The molecule has 0 N–H and O–H groups in total. The molecule has 1 fully saturated rings. The maximum Gasteiger partial charge on any atom is 0.340 e. The molecule has 5 rings (SSSR count). The summed E-state index contributed by atoms with van der Waals surface area (Å²) in [4.78, 5) is 13.5. The number of ether oxygens (including phenoxy) is 6. The predicted molar refractivity (Wildman–Crippen MR) is 167 cm³/mol. The van der Waals surface area contributed by atoms with Crippen molar-refractivity contribution in [2.75, 3.05) is 13.7 Å². The molecule has 1 aliphatic heterocycles. The van der Waals surface area contributed by atoms with Crippen LogP contribution >= 0.6 is 0 Å². The number of carbonyl (C=O) groups is 1. The number of methoxy groups -OCH3 is 1. The van der Waals surface area contributed by atoms with Crippen molar-refractivity contribution < 1.29 is 33.2 Å². The molecule has 44 heavy (non-hydrogen) atoms. The summed E-state index contributed by atoms with van der Waals surface area (Å²) in [7, 11) is 1.54. The molecule has 7 nitrogen and oxygen atoms in total. The number of rotatable bonds is 13. The van der Waals surface area contributed by atoms with Crippen LogP contribution in [0.15, 0.2) is 109 Å². The summed E-state index contributed by atoms with van der Waals surface area (Å²) in [6, 6.07) is 34.8. The van der Waals surface area contributed by atoms with Gasteiger partial charge in [-0.2, -0.15) is 0 Å². The molecule has 7 heteroatoms. The van der Waals surface area contributed by atoms with Gasteiger partial charge in [0, 0.05) is 0 Å². The van der Waals surface area contributed by atoms with E-state index >= 15 is 0 Å². The fourth-order valence-corrected chi connectivity index (χ4v) is 5.23. The van der Waals surface area contributed by atoms with E-state index in [1.807, 2.05) is 91.0 Å². The minimum atomic E-state index is -0.928. The Morgan fingerprint density at radius 3 is 1.91 bits per heavy atom. The number of benzene rings is 4. The van der Waals surface area contributed by atoms with Gasteiger partial charge in [0.15, 0.2) is 11.5 Å². The highest BCUT2D eigenvalue weighted by Gasteiger charge is 2.44. The van der Waals surface area contributed by atoms with Crippen LogP contribution in [0, 0.1) is 11.8 Å². The second kappa shape index (κ2) is 15.5. The lowest BCUT2D eigenvalue weighted by Gasteiger charge is -2.43. The molecule has 1 saturated heterocycles. The van der Waals surface area contributed by atoms with E-state index in [1.54, 1.807) is 25.3 Å². The fraction of sp³-hybridized carbons (Fsp3) is 0.324. The average molecular weight is 597 g/mol. The van der Waals surface area contributed by atoms with Crippen molar-refractivity contribution in [3.05, 3.63) is 131 Å². The summed E-state index contributed by atoms with van der Waals surface area (Å²) < 4.78 is 36.4. The predicted octanol–water partition coefficient (Wildman–Crippen LogP) is 7.23. The largest absolute Gasteiger partial charge is 0.493 e. The minimum Gasteiger partial charge on any atom is -0.493 e. The van der Waals surface area contributed by atoms with Crippen LogP contribution in [-0.4, -0.2) is 38.2 Å². The molecule has 0 bridgehead atoms. The Morgan fingerprint density at radius 1 is 0.705 bits per heavy atom. The molecule has 0 aliphatic carbocycles. The number of carbonyl (C=O) groups excluding carboxylic acids is 1. The average Bonchev–Trinajstić information content (AvgIpc) is 3.07. The third-order valence-electron chi connectivity index (χ3n) is 8.05. The van der Waals surface area contributed by atoms with E-state index in [-0.39, 0.29) is 17.9 Å². The van der Waals surface area contributed by atoms with Crippen molar-refractivity contribution in [2.45, 2.75) is 52.2 Å². The second-order valence-corrected chi connectivity index (χ2v) is 11.1. The Hall–Kier alpha value is -4.17. The lowest BCUT2D eigenvalue weighted by atomic mass is 9.83. The molecule has 4 aromatic rings. The topological polar surface area (TPSA) is 72.5 Å². The molecule has 0 aromatic heterocycles. The fourth-order valence-electron chi connectivity index (χ4n) is 5.23. The minimum absolute atomic E-state index is 0.0267. The van der Waals surface area contributed by atoms with E-state index in [9.17, 15) is 4.79 Å². The Bertz CT molecular complexity index is 1440. The van der Waals surface area contributed by atoms with Crippen molar-refractivity contribution in [2.24, 2.45) is 11.8 Å². The van der Waals surface area contributed by atoms with Crippen LogP contribution in [0.25, 0.3) is 0 Å². The molecular weight excluding hydrogens is 556 g/mol. The lowest BCUT2D eigenvalue weighted by Crippen LogP contribution is -2.53. The third kappa shape index (κ3) is 8.26. The lowest BCUT2D eigenvalue weighted by molar-refractivity contribution is -0.271. The van der Waals surface area contributed by atoms with Gasteiger partial charge < -0.3 is 28.4 Å². The zero-order chi connectivity index (χ0) is 30.7. The molecule has 1 heterocycles. The maximum atomic E-state index is 13.5. The third-order valence-corrected chi connectivity index (χ3v) is 8.05. The van der Waals surface area contributed by atoms with Crippen LogP contribution in [0.4, 0.5) is 0 Å². The van der Waals surface area contributed by atoms with E-state index in [2.05, 4.69) is 13.8 Å². The first kappa shape index (κ1) is 31.3. The highest BCUT2D eigenvalue weighted by atomic mass is 16.7. The summed E-state index contributed by atoms with van der Waals surface area (Å²) in [6.45, 7) is 5.81. The number of esters is 1. The molecule has 0 saturated carbocycles. The molecule has 1 aliphatic rings. The first-order chi connectivity index (χ1) is 21.5. The van der Waals surface area contributed by atoms with Crippen molar-refractivity contribution in [1.82, 2.24) is 0 Å². The Balaban J connectivity index is 1.28. The van der Waals surface area contributed by atoms with Gasteiger partial charge in [0.05, 0.1) is 38.6 Å². The van der Waals surface area contributed by atoms with Gasteiger partial charge in [-0.05, 0) is 46.7 Å². The van der Waals surface area contributed by atoms with E-state index < -0.39 is 18.4 Å².